The van der Waals surface area contributed by atoms with Gasteiger partial charge in [-0.25, -0.2) is 0 Å². The Balaban J connectivity index is 1.70. The predicted molar refractivity (Wildman–Crippen MR) is 81.2 cm³/mol. The summed E-state index contributed by atoms with van der Waals surface area (Å²) in [5.74, 6) is 2.52. The molecule has 1 aliphatic rings. The number of halogens is 1. The first kappa shape index (κ1) is 14.7. The molecule has 0 aliphatic carbocycles. The van der Waals surface area contributed by atoms with E-state index in [4.69, 9.17) is 16.3 Å². The summed E-state index contributed by atoms with van der Waals surface area (Å²) >= 11 is 5.85. The van der Waals surface area contributed by atoms with E-state index >= 15 is 0 Å². The predicted octanol–water partition coefficient (Wildman–Crippen LogP) is 3.62. The molecule has 2 nitrogen and oxygen atoms in total. The molecule has 19 heavy (non-hydrogen) atoms. The van der Waals surface area contributed by atoms with Gasteiger partial charge in [-0.15, -0.1) is 11.6 Å². The molecule has 0 bridgehead atoms. The van der Waals surface area contributed by atoms with Crippen LogP contribution in [0, 0.1) is 5.92 Å². The monoisotopic (exact) mass is 281 g/mol. The zero-order chi connectivity index (χ0) is 13.5. The summed E-state index contributed by atoms with van der Waals surface area (Å²) in [4.78, 5) is 0. The highest BCUT2D eigenvalue weighted by atomic mass is 35.5. The van der Waals surface area contributed by atoms with Gasteiger partial charge >= 0.3 is 0 Å². The molecule has 0 fully saturated rings. The third-order valence-corrected chi connectivity index (χ3v) is 3.95. The lowest BCUT2D eigenvalue weighted by Gasteiger charge is -2.17. The molecule has 2 atom stereocenters. The van der Waals surface area contributed by atoms with Gasteiger partial charge in [0.15, 0.2) is 0 Å². The highest BCUT2D eigenvalue weighted by molar-refractivity contribution is 6.17. The summed E-state index contributed by atoms with van der Waals surface area (Å²) in [5.41, 5.74) is 1.33. The van der Waals surface area contributed by atoms with Crippen molar-refractivity contribution in [2.24, 2.45) is 5.92 Å². The van der Waals surface area contributed by atoms with Crippen LogP contribution in [0.15, 0.2) is 24.3 Å². The normalized spacial score (nSPS) is 18.9. The van der Waals surface area contributed by atoms with Crippen molar-refractivity contribution in [3.05, 3.63) is 29.8 Å². The van der Waals surface area contributed by atoms with E-state index in [1.807, 2.05) is 6.07 Å². The summed E-state index contributed by atoms with van der Waals surface area (Å²) in [6.07, 6.45) is 4.90. The quantitative estimate of drug-likeness (QED) is 0.735. The van der Waals surface area contributed by atoms with Crippen LogP contribution in [0.1, 0.15) is 31.7 Å². The van der Waals surface area contributed by atoms with Gasteiger partial charge in [-0.1, -0.05) is 31.5 Å². The molecule has 106 valence electrons. The van der Waals surface area contributed by atoms with Crippen LogP contribution in [0.3, 0.4) is 0 Å². The Hall–Kier alpha value is -0.730. The number of fused-ring (bicyclic) bond motifs is 1. The second-order valence-corrected chi connectivity index (χ2v) is 5.72. The maximum atomic E-state index is 5.92. The largest absolute Gasteiger partial charge is 0.488 e. The second kappa shape index (κ2) is 7.76. The lowest BCUT2D eigenvalue weighted by Crippen LogP contribution is -2.33. The van der Waals surface area contributed by atoms with Crippen LogP contribution >= 0.6 is 11.6 Å². The highest BCUT2D eigenvalue weighted by Gasteiger charge is 2.21. The average Bonchev–Trinajstić information content (AvgIpc) is 2.82. The first-order valence-electron chi connectivity index (χ1n) is 7.34. The van der Waals surface area contributed by atoms with Gasteiger partial charge in [-0.2, -0.15) is 0 Å². The molecule has 1 aromatic rings. The molecule has 1 N–H and O–H groups in total. The summed E-state index contributed by atoms with van der Waals surface area (Å²) in [7, 11) is 0. The Morgan fingerprint density at radius 3 is 2.95 bits per heavy atom. The summed E-state index contributed by atoms with van der Waals surface area (Å²) in [6, 6.07) is 8.33. The minimum Gasteiger partial charge on any atom is -0.488 e. The van der Waals surface area contributed by atoms with Crippen molar-refractivity contribution < 1.29 is 4.74 Å². The Kier molecular flexibility index (Phi) is 5.99. The first-order valence-corrected chi connectivity index (χ1v) is 7.88. The van der Waals surface area contributed by atoms with Gasteiger partial charge in [0.05, 0.1) is 0 Å². The molecule has 0 aromatic heterocycles. The number of nitrogens with one attached hydrogen (secondary N) is 1. The number of rotatable bonds is 8. The van der Waals surface area contributed by atoms with Gasteiger partial charge in [0.25, 0.3) is 0 Å². The summed E-state index contributed by atoms with van der Waals surface area (Å²) < 4.78 is 5.92. The maximum Gasteiger partial charge on any atom is 0.123 e. The average molecular weight is 282 g/mol. The van der Waals surface area contributed by atoms with E-state index < -0.39 is 0 Å². The van der Waals surface area contributed by atoms with Crippen LogP contribution in [-0.4, -0.2) is 25.1 Å². The van der Waals surface area contributed by atoms with Crippen molar-refractivity contribution in [3.8, 4) is 5.75 Å². The van der Waals surface area contributed by atoms with Gasteiger partial charge in [-0.05, 0) is 36.9 Å². The molecule has 3 heteroatoms. The highest BCUT2D eigenvalue weighted by Crippen LogP contribution is 2.27. The smallest absolute Gasteiger partial charge is 0.123 e. The van der Waals surface area contributed by atoms with Gasteiger partial charge in [0, 0.05) is 18.8 Å². The van der Waals surface area contributed by atoms with Crippen LogP contribution in [0.25, 0.3) is 0 Å². The molecule has 1 heterocycles. The number of para-hydroxylation sites is 1. The van der Waals surface area contributed by atoms with Crippen LogP contribution in [0.5, 0.6) is 5.75 Å². The fraction of sp³-hybridized carbons (Fsp3) is 0.625. The molecule has 1 aromatic carbocycles. The van der Waals surface area contributed by atoms with Gasteiger partial charge < -0.3 is 10.1 Å². The lowest BCUT2D eigenvalue weighted by atomic mass is 10.0. The van der Waals surface area contributed by atoms with Crippen molar-refractivity contribution in [3.63, 3.8) is 0 Å². The molecule has 0 spiro atoms. The molecule has 2 unspecified atom stereocenters. The molecule has 1 aliphatic heterocycles. The second-order valence-electron chi connectivity index (χ2n) is 5.34. The molecular weight excluding hydrogens is 258 g/mol. The van der Waals surface area contributed by atoms with Crippen LogP contribution < -0.4 is 10.1 Å². The zero-order valence-corrected chi connectivity index (χ0v) is 12.5. The summed E-state index contributed by atoms with van der Waals surface area (Å²) in [6.45, 7) is 4.21. The Labute approximate surface area is 121 Å². The molecule has 0 radical (unpaired) electrons. The molecule has 0 saturated carbocycles. The third kappa shape index (κ3) is 4.39. The van der Waals surface area contributed by atoms with Crippen molar-refractivity contribution in [1.29, 1.82) is 0 Å². The molecule has 0 saturated heterocycles. The van der Waals surface area contributed by atoms with Crippen molar-refractivity contribution in [2.75, 3.05) is 19.0 Å². The fourth-order valence-corrected chi connectivity index (χ4v) is 3.04. The van der Waals surface area contributed by atoms with E-state index in [9.17, 15) is 0 Å². The molecular formula is C16H24ClNO. The Morgan fingerprint density at radius 1 is 1.37 bits per heavy atom. The maximum absolute atomic E-state index is 5.92. The van der Waals surface area contributed by atoms with E-state index in [2.05, 4.69) is 30.4 Å². The van der Waals surface area contributed by atoms with E-state index in [1.54, 1.807) is 0 Å². The minimum absolute atomic E-state index is 0.288. The van der Waals surface area contributed by atoms with E-state index in [0.717, 1.165) is 37.6 Å². The number of ether oxygens (including phenoxy) is 1. The minimum atomic E-state index is 0.288. The van der Waals surface area contributed by atoms with Crippen LogP contribution in [0.2, 0.25) is 0 Å². The molecule has 2 rings (SSSR count). The van der Waals surface area contributed by atoms with E-state index in [-0.39, 0.29) is 6.10 Å². The van der Waals surface area contributed by atoms with Gasteiger partial charge in [-0.3, -0.25) is 0 Å². The van der Waals surface area contributed by atoms with Gasteiger partial charge in [0.2, 0.25) is 0 Å². The zero-order valence-electron chi connectivity index (χ0n) is 11.7. The van der Waals surface area contributed by atoms with E-state index in [0.29, 0.717) is 5.92 Å². The molecule has 0 amide bonds. The van der Waals surface area contributed by atoms with Crippen LogP contribution in [0.4, 0.5) is 0 Å². The standard InChI is InChI=1S/C16H24ClNO/c1-2-5-13(8-9-17)11-18-12-15-10-14-6-3-4-7-16(14)19-15/h3-4,6-7,13,15,18H,2,5,8-12H2,1H3. The van der Waals surface area contributed by atoms with Crippen molar-refractivity contribution in [1.82, 2.24) is 5.32 Å². The van der Waals surface area contributed by atoms with Gasteiger partial charge in [0.1, 0.15) is 11.9 Å². The topological polar surface area (TPSA) is 21.3 Å². The SMILES string of the molecule is CCCC(CCCl)CNCC1Cc2ccccc2O1. The fourth-order valence-electron chi connectivity index (χ4n) is 2.73. The number of alkyl halides is 1. The number of hydrogen-bond acceptors (Lipinski definition) is 2. The Bertz CT molecular complexity index is 352. The number of benzene rings is 1. The van der Waals surface area contributed by atoms with Crippen LogP contribution in [-0.2, 0) is 6.42 Å². The number of hydrogen-bond donors (Lipinski definition) is 1. The van der Waals surface area contributed by atoms with Crippen molar-refractivity contribution in [2.45, 2.75) is 38.7 Å². The van der Waals surface area contributed by atoms with E-state index in [1.165, 1.54) is 18.4 Å². The Morgan fingerprint density at radius 2 is 2.21 bits per heavy atom. The third-order valence-electron chi connectivity index (χ3n) is 3.73. The lowest BCUT2D eigenvalue weighted by molar-refractivity contribution is 0.223. The first-order chi connectivity index (χ1) is 9.33. The van der Waals surface area contributed by atoms with Crippen molar-refractivity contribution >= 4 is 11.6 Å². The summed E-state index contributed by atoms with van der Waals surface area (Å²) in [5, 5.41) is 3.55.